The predicted molar refractivity (Wildman–Crippen MR) is 108 cm³/mol. The molecule has 0 aliphatic heterocycles. The van der Waals surface area contributed by atoms with Crippen LogP contribution in [0.4, 0.5) is 0 Å². The van der Waals surface area contributed by atoms with Crippen LogP contribution in [0.5, 0.6) is 0 Å². The summed E-state index contributed by atoms with van der Waals surface area (Å²) < 4.78 is 7.58. The molecule has 23 heavy (non-hydrogen) atoms. The second-order valence-corrected chi connectivity index (χ2v) is 17.9. The van der Waals surface area contributed by atoms with Crippen molar-refractivity contribution in [1.82, 2.24) is 0 Å². The molecule has 0 unspecified atom stereocenters. The molecule has 0 radical (unpaired) electrons. The number of hydrogen-bond acceptors (Lipinski definition) is 1. The van der Waals surface area contributed by atoms with Crippen LogP contribution in [0.25, 0.3) is 0 Å². The van der Waals surface area contributed by atoms with Gasteiger partial charge in [-0.05, 0) is 35.3 Å². The molecule has 0 bridgehead atoms. The minimum absolute atomic E-state index is 0.972. The first kappa shape index (κ1) is 19.7. The van der Waals surface area contributed by atoms with E-state index in [4.69, 9.17) is 4.12 Å². The Morgan fingerprint density at radius 1 is 0.565 bits per heavy atom. The second-order valence-electron chi connectivity index (χ2n) is 8.32. The average Bonchev–Trinajstić information content (AvgIpc) is 2.65. The molecule has 0 aromatic carbocycles. The SMILES string of the molecule is CC[Si](CC)(O[Si](CC)(CC)C1CCCCC1)C1CCCCC1. The molecule has 0 heterocycles. The van der Waals surface area contributed by atoms with Crippen molar-refractivity contribution in [2.45, 2.75) is 127 Å². The van der Waals surface area contributed by atoms with Crippen LogP contribution in [0, 0.1) is 0 Å². The van der Waals surface area contributed by atoms with Gasteiger partial charge in [0, 0.05) is 0 Å². The molecule has 0 N–H and O–H groups in total. The Morgan fingerprint density at radius 3 is 1.13 bits per heavy atom. The second kappa shape index (κ2) is 9.19. The molecular weight excluding hydrogens is 312 g/mol. The van der Waals surface area contributed by atoms with Gasteiger partial charge >= 0.3 is 0 Å². The molecule has 2 aliphatic carbocycles. The van der Waals surface area contributed by atoms with E-state index >= 15 is 0 Å². The van der Waals surface area contributed by atoms with E-state index in [1.54, 1.807) is 0 Å². The van der Waals surface area contributed by atoms with E-state index < -0.39 is 16.6 Å². The smallest absolute Gasteiger partial charge is 0.182 e. The number of rotatable bonds is 8. The first-order valence-electron chi connectivity index (χ1n) is 10.9. The van der Waals surface area contributed by atoms with Gasteiger partial charge in [-0.15, -0.1) is 0 Å². The van der Waals surface area contributed by atoms with Crippen molar-refractivity contribution < 1.29 is 4.12 Å². The van der Waals surface area contributed by atoms with Crippen LogP contribution in [0.3, 0.4) is 0 Å². The third-order valence-electron chi connectivity index (χ3n) is 7.50. The fourth-order valence-electron chi connectivity index (χ4n) is 5.77. The highest BCUT2D eigenvalue weighted by Crippen LogP contribution is 2.48. The highest BCUT2D eigenvalue weighted by Gasteiger charge is 2.49. The molecule has 2 rings (SSSR count). The maximum absolute atomic E-state index is 7.58. The molecular formula is C20H42OSi2. The summed E-state index contributed by atoms with van der Waals surface area (Å²) in [4.78, 5) is 0. The lowest BCUT2D eigenvalue weighted by atomic mass is 10.0. The average molecular weight is 355 g/mol. The van der Waals surface area contributed by atoms with Crippen molar-refractivity contribution in [2.75, 3.05) is 0 Å². The molecule has 2 aliphatic rings. The zero-order valence-electron chi connectivity index (χ0n) is 16.5. The predicted octanol–water partition coefficient (Wildman–Crippen LogP) is 7.64. The summed E-state index contributed by atoms with van der Waals surface area (Å²) in [7, 11) is -3.08. The van der Waals surface area contributed by atoms with Crippen molar-refractivity contribution in [2.24, 2.45) is 0 Å². The van der Waals surface area contributed by atoms with Crippen LogP contribution >= 0.6 is 0 Å². The molecule has 0 spiro atoms. The van der Waals surface area contributed by atoms with Gasteiger partial charge in [0.25, 0.3) is 0 Å². The summed E-state index contributed by atoms with van der Waals surface area (Å²) in [6.45, 7) is 9.87. The van der Waals surface area contributed by atoms with Crippen molar-refractivity contribution in [3.63, 3.8) is 0 Å². The van der Waals surface area contributed by atoms with Gasteiger partial charge in [0.2, 0.25) is 0 Å². The van der Waals surface area contributed by atoms with Crippen molar-refractivity contribution in [3.8, 4) is 0 Å². The minimum Gasteiger partial charge on any atom is -0.454 e. The van der Waals surface area contributed by atoms with Gasteiger partial charge in [-0.3, -0.25) is 0 Å². The normalized spacial score (nSPS) is 22.4. The molecule has 0 amide bonds. The van der Waals surface area contributed by atoms with Crippen LogP contribution in [0.1, 0.15) is 91.9 Å². The summed E-state index contributed by atoms with van der Waals surface area (Å²) in [5.41, 5.74) is 1.94. The summed E-state index contributed by atoms with van der Waals surface area (Å²) in [6.07, 6.45) is 14.8. The molecule has 0 aromatic rings. The van der Waals surface area contributed by atoms with Gasteiger partial charge in [-0.2, -0.15) is 0 Å². The third-order valence-corrected chi connectivity index (χ3v) is 19.7. The fraction of sp³-hybridized carbons (Fsp3) is 1.00. The Balaban J connectivity index is 2.22. The topological polar surface area (TPSA) is 9.23 Å². The molecule has 1 nitrogen and oxygen atoms in total. The molecule has 0 saturated heterocycles. The summed E-state index contributed by atoms with van der Waals surface area (Å²) in [6, 6.07) is 5.48. The Kier molecular flexibility index (Phi) is 7.88. The Labute approximate surface area is 148 Å². The van der Waals surface area contributed by atoms with Gasteiger partial charge in [0.1, 0.15) is 0 Å². The lowest BCUT2D eigenvalue weighted by Crippen LogP contribution is -2.55. The maximum atomic E-state index is 7.58. The molecule has 2 fully saturated rings. The highest BCUT2D eigenvalue weighted by molar-refractivity contribution is 6.88. The van der Waals surface area contributed by atoms with E-state index in [1.807, 2.05) is 0 Å². The molecule has 2 saturated carbocycles. The maximum Gasteiger partial charge on any atom is 0.182 e. The quantitative estimate of drug-likeness (QED) is 0.407. The van der Waals surface area contributed by atoms with Crippen molar-refractivity contribution in [1.29, 1.82) is 0 Å². The third kappa shape index (κ3) is 4.33. The Bertz CT molecular complexity index is 293. The standard InChI is InChI=1S/C20H42OSi2/c1-5-22(6-2,19-15-11-9-12-16-19)21-23(7-3,8-4)20-17-13-10-14-18-20/h19-20H,5-18H2,1-4H3. The van der Waals surface area contributed by atoms with Gasteiger partial charge in [0.05, 0.1) is 0 Å². The van der Waals surface area contributed by atoms with Crippen LogP contribution in [-0.4, -0.2) is 16.6 Å². The van der Waals surface area contributed by atoms with E-state index in [2.05, 4.69) is 27.7 Å². The lowest BCUT2D eigenvalue weighted by molar-refractivity contribution is 0.390. The zero-order chi connectivity index (χ0) is 16.8. The monoisotopic (exact) mass is 354 g/mol. The van der Waals surface area contributed by atoms with Gasteiger partial charge < -0.3 is 4.12 Å². The Hall–Kier alpha value is 0.394. The van der Waals surface area contributed by atoms with E-state index in [9.17, 15) is 0 Å². The Morgan fingerprint density at radius 2 is 0.870 bits per heavy atom. The summed E-state index contributed by atoms with van der Waals surface area (Å²) in [5, 5.41) is 0. The van der Waals surface area contributed by atoms with Gasteiger partial charge in [-0.25, -0.2) is 0 Å². The largest absolute Gasteiger partial charge is 0.454 e. The molecule has 136 valence electrons. The van der Waals surface area contributed by atoms with Crippen LogP contribution in [0.15, 0.2) is 0 Å². The van der Waals surface area contributed by atoms with Crippen LogP contribution in [0.2, 0.25) is 35.3 Å². The van der Waals surface area contributed by atoms with Gasteiger partial charge in [-0.1, -0.05) is 91.9 Å². The lowest BCUT2D eigenvalue weighted by Gasteiger charge is -2.50. The zero-order valence-corrected chi connectivity index (χ0v) is 18.5. The molecule has 0 atom stereocenters. The van der Waals surface area contributed by atoms with E-state index in [0.717, 1.165) is 11.1 Å². The summed E-state index contributed by atoms with van der Waals surface area (Å²) >= 11 is 0. The number of hydrogen-bond donors (Lipinski definition) is 0. The minimum atomic E-state index is -1.54. The summed E-state index contributed by atoms with van der Waals surface area (Å²) in [5.74, 6) is 0. The van der Waals surface area contributed by atoms with Crippen LogP contribution in [-0.2, 0) is 4.12 Å². The first-order chi connectivity index (χ1) is 11.2. The molecule has 0 aromatic heterocycles. The highest BCUT2D eigenvalue weighted by atomic mass is 28.4. The van der Waals surface area contributed by atoms with Crippen molar-refractivity contribution in [3.05, 3.63) is 0 Å². The van der Waals surface area contributed by atoms with E-state index in [1.165, 1.54) is 88.4 Å². The van der Waals surface area contributed by atoms with Gasteiger partial charge in [0.15, 0.2) is 16.6 Å². The van der Waals surface area contributed by atoms with Crippen molar-refractivity contribution >= 4 is 16.6 Å². The van der Waals surface area contributed by atoms with Crippen LogP contribution < -0.4 is 0 Å². The first-order valence-corrected chi connectivity index (χ1v) is 15.7. The molecule has 3 heteroatoms. The van der Waals surface area contributed by atoms with E-state index in [0.29, 0.717) is 0 Å². The fourth-order valence-corrected chi connectivity index (χ4v) is 18.9. The van der Waals surface area contributed by atoms with E-state index in [-0.39, 0.29) is 0 Å².